The van der Waals surface area contributed by atoms with Crippen LogP contribution in [0.3, 0.4) is 0 Å². The Hall–Kier alpha value is -2.82. The molecule has 4 bridgehead atoms. The molecule has 11 nitrogen and oxygen atoms in total. The lowest BCUT2D eigenvalue weighted by atomic mass is 9.90. The van der Waals surface area contributed by atoms with Crippen LogP contribution < -0.4 is 0 Å². The molecule has 0 radical (unpaired) electrons. The number of nitrogens with zero attached hydrogens (tertiary/aromatic N) is 2. The van der Waals surface area contributed by atoms with E-state index in [2.05, 4.69) is 0 Å². The normalized spacial score (nSPS) is 26.4. The second-order valence-corrected chi connectivity index (χ2v) is 12.7. The molecule has 11 heteroatoms. The standard InChI is InChI=1S/C14H23NO4.C14H21NO4.C2H6O/c2*1-14(2,3)19-13(17)15-9-5-7-10(12(16)18-4)11(15)8-6-9;1-2-3/h9-11H,5-8H2,1-4H3;7,9,11H,5-6,8H2,1-4H3;3H,2H2,1H3. The zero-order chi connectivity index (χ0) is 31.1. The van der Waals surface area contributed by atoms with Crippen LogP contribution >= 0.6 is 0 Å². The summed E-state index contributed by atoms with van der Waals surface area (Å²) in [5.74, 6) is -0.755. The topological polar surface area (TPSA) is 132 Å². The molecule has 5 unspecified atom stereocenters. The van der Waals surface area contributed by atoms with Crippen molar-refractivity contribution in [3.8, 4) is 0 Å². The van der Waals surface area contributed by atoms with Gasteiger partial charge in [-0.15, -0.1) is 0 Å². The van der Waals surface area contributed by atoms with E-state index in [1.54, 1.807) is 16.7 Å². The maximum absolute atomic E-state index is 12.3. The van der Waals surface area contributed by atoms with E-state index < -0.39 is 11.2 Å². The van der Waals surface area contributed by atoms with Gasteiger partial charge in [0.05, 0.1) is 31.8 Å². The molecule has 1 N–H and O–H groups in total. The lowest BCUT2D eigenvalue weighted by Crippen LogP contribution is -2.51. The van der Waals surface area contributed by atoms with Crippen LogP contribution in [0.25, 0.3) is 0 Å². The minimum absolute atomic E-state index is 0.0546. The molecule has 0 spiro atoms. The van der Waals surface area contributed by atoms with Crippen molar-refractivity contribution < 1.29 is 43.2 Å². The first-order valence-electron chi connectivity index (χ1n) is 14.6. The molecular weight excluding hydrogens is 532 g/mol. The number of hydrogen-bond acceptors (Lipinski definition) is 9. The van der Waals surface area contributed by atoms with Crippen molar-refractivity contribution >= 4 is 24.1 Å². The number of carbonyl (C=O) groups is 4. The Bertz CT molecular complexity index is 966. The maximum Gasteiger partial charge on any atom is 0.411 e. The van der Waals surface area contributed by atoms with Gasteiger partial charge in [-0.05, 0) is 93.4 Å². The number of piperidine rings is 1. The molecule has 3 fully saturated rings. The molecule has 0 aromatic rings. The molecule has 2 amide bonds. The largest absolute Gasteiger partial charge is 0.469 e. The van der Waals surface area contributed by atoms with E-state index in [0.29, 0.717) is 12.0 Å². The number of hydrogen-bond donors (Lipinski definition) is 1. The number of esters is 2. The summed E-state index contributed by atoms with van der Waals surface area (Å²) in [4.78, 5) is 51.6. The van der Waals surface area contributed by atoms with Crippen molar-refractivity contribution in [1.29, 1.82) is 0 Å². The second kappa shape index (κ2) is 14.4. The molecule has 234 valence electrons. The molecule has 0 aromatic carbocycles. The predicted octanol–water partition coefficient (Wildman–Crippen LogP) is 4.59. The molecule has 4 rings (SSSR count). The van der Waals surface area contributed by atoms with Gasteiger partial charge in [-0.25, -0.2) is 14.4 Å². The monoisotopic (exact) mass is 582 g/mol. The lowest BCUT2D eigenvalue weighted by Gasteiger charge is -2.39. The quantitative estimate of drug-likeness (QED) is 0.367. The van der Waals surface area contributed by atoms with Gasteiger partial charge in [0, 0.05) is 24.7 Å². The minimum atomic E-state index is -0.525. The number of ether oxygens (including phenoxy) is 4. The van der Waals surface area contributed by atoms with E-state index in [1.807, 2.05) is 47.6 Å². The Labute approximate surface area is 244 Å². The van der Waals surface area contributed by atoms with Crippen LogP contribution in [0.1, 0.15) is 93.4 Å². The number of fused-ring (bicyclic) bond motifs is 4. The smallest absolute Gasteiger partial charge is 0.411 e. The number of aliphatic hydroxyl groups excluding tert-OH is 1. The van der Waals surface area contributed by atoms with Gasteiger partial charge in [-0.3, -0.25) is 9.69 Å². The maximum atomic E-state index is 12.3. The third-order valence-electron chi connectivity index (χ3n) is 7.43. The zero-order valence-corrected chi connectivity index (χ0v) is 26.2. The molecular formula is C30H50N2O9. The van der Waals surface area contributed by atoms with E-state index >= 15 is 0 Å². The molecule has 0 saturated carbocycles. The van der Waals surface area contributed by atoms with Crippen LogP contribution in [0, 0.1) is 5.92 Å². The fourth-order valence-corrected chi connectivity index (χ4v) is 5.93. The Morgan fingerprint density at radius 1 is 0.805 bits per heavy atom. The third kappa shape index (κ3) is 9.08. The van der Waals surface area contributed by atoms with E-state index in [1.165, 1.54) is 14.2 Å². The minimum Gasteiger partial charge on any atom is -0.469 e. The Morgan fingerprint density at radius 2 is 1.32 bits per heavy atom. The molecule has 0 aromatic heterocycles. The van der Waals surface area contributed by atoms with Crippen LogP contribution in [0.2, 0.25) is 0 Å². The summed E-state index contributed by atoms with van der Waals surface area (Å²) in [7, 11) is 2.77. The summed E-state index contributed by atoms with van der Waals surface area (Å²) >= 11 is 0. The van der Waals surface area contributed by atoms with Gasteiger partial charge in [-0.2, -0.15) is 0 Å². The highest BCUT2D eigenvalue weighted by atomic mass is 16.6. The first kappa shape index (κ1) is 34.4. The molecule has 4 heterocycles. The summed E-state index contributed by atoms with van der Waals surface area (Å²) in [6.45, 7) is 13.0. The average Bonchev–Trinajstić information content (AvgIpc) is 3.34. The number of rotatable bonds is 2. The molecule has 0 aliphatic carbocycles. The molecule has 3 saturated heterocycles. The van der Waals surface area contributed by atoms with Gasteiger partial charge in [0.25, 0.3) is 0 Å². The third-order valence-corrected chi connectivity index (χ3v) is 7.43. The average molecular weight is 583 g/mol. The van der Waals surface area contributed by atoms with Gasteiger partial charge in [0.2, 0.25) is 0 Å². The van der Waals surface area contributed by atoms with E-state index in [9.17, 15) is 19.2 Å². The van der Waals surface area contributed by atoms with Crippen LogP contribution in [-0.4, -0.2) is 95.2 Å². The highest BCUT2D eigenvalue weighted by Gasteiger charge is 2.49. The number of aliphatic hydroxyl groups is 1. The van der Waals surface area contributed by atoms with Gasteiger partial charge in [0.15, 0.2) is 0 Å². The van der Waals surface area contributed by atoms with Gasteiger partial charge < -0.3 is 29.0 Å². The summed E-state index contributed by atoms with van der Waals surface area (Å²) in [6.07, 6.45) is 7.14. The highest BCUT2D eigenvalue weighted by molar-refractivity contribution is 5.91. The molecule has 5 atom stereocenters. The fraction of sp³-hybridized carbons (Fsp3) is 0.800. The van der Waals surface area contributed by atoms with Crippen LogP contribution in [-0.2, 0) is 28.5 Å². The summed E-state index contributed by atoms with van der Waals surface area (Å²) in [5.41, 5.74) is -0.445. The van der Waals surface area contributed by atoms with Crippen molar-refractivity contribution in [2.24, 2.45) is 5.92 Å². The van der Waals surface area contributed by atoms with E-state index in [-0.39, 0.29) is 60.8 Å². The van der Waals surface area contributed by atoms with Crippen LogP contribution in [0.15, 0.2) is 11.6 Å². The van der Waals surface area contributed by atoms with Crippen molar-refractivity contribution in [3.05, 3.63) is 11.6 Å². The SMILES string of the molecule is CCO.COC(=O)C1=CCC2CCC1N2C(=O)OC(C)(C)C.COC(=O)C1CCC2CCC1N2C(=O)OC(C)(C)C. The summed E-state index contributed by atoms with van der Waals surface area (Å²) in [5, 5.41) is 7.57. The van der Waals surface area contributed by atoms with Crippen LogP contribution in [0.5, 0.6) is 0 Å². The van der Waals surface area contributed by atoms with Gasteiger partial charge >= 0.3 is 24.1 Å². The second-order valence-electron chi connectivity index (χ2n) is 12.7. The summed E-state index contributed by atoms with van der Waals surface area (Å²) in [6, 6.07) is 0.121. The first-order chi connectivity index (χ1) is 19.1. The first-order valence-corrected chi connectivity index (χ1v) is 14.6. The van der Waals surface area contributed by atoms with Crippen molar-refractivity contribution in [1.82, 2.24) is 9.80 Å². The van der Waals surface area contributed by atoms with Crippen LogP contribution in [0.4, 0.5) is 9.59 Å². The Morgan fingerprint density at radius 3 is 1.83 bits per heavy atom. The van der Waals surface area contributed by atoms with Crippen molar-refractivity contribution in [2.45, 2.75) is 129 Å². The fourth-order valence-electron chi connectivity index (χ4n) is 5.93. The van der Waals surface area contributed by atoms with Crippen molar-refractivity contribution in [3.63, 3.8) is 0 Å². The Kier molecular flexibility index (Phi) is 12.1. The number of amides is 2. The van der Waals surface area contributed by atoms with Gasteiger partial charge in [-0.1, -0.05) is 6.08 Å². The van der Waals surface area contributed by atoms with Gasteiger partial charge in [0.1, 0.15) is 11.2 Å². The zero-order valence-electron chi connectivity index (χ0n) is 26.2. The van der Waals surface area contributed by atoms with E-state index in [4.69, 9.17) is 24.1 Å². The molecule has 4 aliphatic heterocycles. The summed E-state index contributed by atoms with van der Waals surface area (Å²) < 4.78 is 20.5. The van der Waals surface area contributed by atoms with Crippen molar-refractivity contribution in [2.75, 3.05) is 20.8 Å². The number of methoxy groups -OCH3 is 2. The highest BCUT2D eigenvalue weighted by Crippen LogP contribution is 2.40. The predicted molar refractivity (Wildman–Crippen MR) is 152 cm³/mol. The Balaban J connectivity index is 0.000000262. The van der Waals surface area contributed by atoms with E-state index in [0.717, 1.165) is 38.5 Å². The lowest BCUT2D eigenvalue weighted by molar-refractivity contribution is -0.149. The number of carbonyl (C=O) groups excluding carboxylic acids is 4. The molecule has 41 heavy (non-hydrogen) atoms. The molecule has 4 aliphatic rings.